The summed E-state index contributed by atoms with van der Waals surface area (Å²) in [6.07, 6.45) is 6.04. The van der Waals surface area contributed by atoms with Gasteiger partial charge in [-0.3, -0.25) is 9.59 Å². The molecule has 1 N–H and O–H groups in total. The van der Waals surface area contributed by atoms with E-state index in [-0.39, 0.29) is 12.0 Å². The molecule has 1 aliphatic heterocycles. The van der Waals surface area contributed by atoms with Gasteiger partial charge >= 0.3 is 0 Å². The molecule has 0 spiro atoms. The molecule has 2 aromatic heterocycles. The predicted octanol–water partition coefficient (Wildman–Crippen LogP) is 1.06. The van der Waals surface area contributed by atoms with Gasteiger partial charge in [-0.05, 0) is 25.0 Å². The molecule has 1 unspecified atom stereocenters. The van der Waals surface area contributed by atoms with E-state index in [1.165, 1.54) is 6.20 Å². The lowest BCUT2D eigenvalue weighted by molar-refractivity contribution is 0.0859. The zero-order valence-electron chi connectivity index (χ0n) is 10.9. The fraction of sp³-hybridized carbons (Fsp3) is 0.357. The monoisotopic (exact) mass is 273 g/mol. The van der Waals surface area contributed by atoms with Crippen LogP contribution in [-0.4, -0.2) is 41.1 Å². The Bertz CT molecular complexity index is 644. The molecule has 6 nitrogen and oxygen atoms in total. The normalized spacial score (nSPS) is 18.3. The summed E-state index contributed by atoms with van der Waals surface area (Å²) < 4.78 is 7.04. The van der Waals surface area contributed by atoms with Crippen molar-refractivity contribution in [3.63, 3.8) is 0 Å². The minimum absolute atomic E-state index is 0.103. The largest absolute Gasteiger partial charge is 0.376 e. The van der Waals surface area contributed by atoms with Crippen molar-refractivity contribution in [3.05, 3.63) is 35.7 Å². The number of carbonyl (C=O) groups is 2. The van der Waals surface area contributed by atoms with Gasteiger partial charge in [0.1, 0.15) is 6.29 Å². The van der Waals surface area contributed by atoms with Gasteiger partial charge in [0.15, 0.2) is 0 Å². The van der Waals surface area contributed by atoms with Crippen LogP contribution in [0.5, 0.6) is 0 Å². The molecule has 104 valence electrons. The SMILES string of the molecule is O=Cc1ccn2ncc(C(=O)NCC3CCCO3)c2c1. The number of rotatable bonds is 4. The van der Waals surface area contributed by atoms with E-state index < -0.39 is 0 Å². The minimum Gasteiger partial charge on any atom is -0.376 e. The highest BCUT2D eigenvalue weighted by Gasteiger charge is 2.18. The zero-order valence-corrected chi connectivity index (χ0v) is 10.9. The molecule has 0 bridgehead atoms. The van der Waals surface area contributed by atoms with Crippen molar-refractivity contribution in [1.29, 1.82) is 0 Å². The van der Waals surface area contributed by atoms with Crippen LogP contribution in [0.1, 0.15) is 33.6 Å². The van der Waals surface area contributed by atoms with Crippen LogP contribution in [0, 0.1) is 0 Å². The van der Waals surface area contributed by atoms with Crippen LogP contribution in [-0.2, 0) is 4.74 Å². The van der Waals surface area contributed by atoms with E-state index >= 15 is 0 Å². The molecule has 2 aromatic rings. The fourth-order valence-corrected chi connectivity index (χ4v) is 2.35. The van der Waals surface area contributed by atoms with Gasteiger partial charge in [0.2, 0.25) is 0 Å². The minimum atomic E-state index is -0.196. The summed E-state index contributed by atoms with van der Waals surface area (Å²) in [7, 11) is 0. The highest BCUT2D eigenvalue weighted by molar-refractivity contribution is 6.01. The third-order valence-corrected chi connectivity index (χ3v) is 3.44. The van der Waals surface area contributed by atoms with E-state index in [1.807, 2.05) is 0 Å². The standard InChI is InChI=1S/C14H15N3O3/c18-9-10-3-4-17-13(6-10)12(8-16-17)14(19)15-7-11-2-1-5-20-11/h3-4,6,8-9,11H,1-2,5,7H2,(H,15,19). The van der Waals surface area contributed by atoms with E-state index in [0.717, 1.165) is 25.7 Å². The molecule has 0 radical (unpaired) electrons. The molecule has 3 heterocycles. The van der Waals surface area contributed by atoms with E-state index in [4.69, 9.17) is 4.74 Å². The quantitative estimate of drug-likeness (QED) is 0.845. The van der Waals surface area contributed by atoms with E-state index in [9.17, 15) is 9.59 Å². The Balaban J connectivity index is 1.78. The van der Waals surface area contributed by atoms with E-state index in [1.54, 1.807) is 22.8 Å². The summed E-state index contributed by atoms with van der Waals surface area (Å²) in [5, 5.41) is 6.95. The molecule has 1 fully saturated rings. The molecular formula is C14H15N3O3. The second-order valence-electron chi connectivity index (χ2n) is 4.81. The third kappa shape index (κ3) is 2.42. The van der Waals surface area contributed by atoms with Crippen molar-refractivity contribution in [2.75, 3.05) is 13.2 Å². The number of fused-ring (bicyclic) bond motifs is 1. The number of aromatic nitrogens is 2. The number of pyridine rings is 1. The predicted molar refractivity (Wildman–Crippen MR) is 71.9 cm³/mol. The average molecular weight is 273 g/mol. The smallest absolute Gasteiger partial charge is 0.255 e. The zero-order chi connectivity index (χ0) is 13.9. The van der Waals surface area contributed by atoms with Crippen molar-refractivity contribution in [2.24, 2.45) is 0 Å². The number of amides is 1. The van der Waals surface area contributed by atoms with E-state index in [2.05, 4.69) is 10.4 Å². The van der Waals surface area contributed by atoms with Gasteiger partial charge in [0, 0.05) is 24.9 Å². The first-order chi connectivity index (χ1) is 9.78. The number of nitrogens with zero attached hydrogens (tertiary/aromatic N) is 2. The molecule has 1 atom stereocenters. The Morgan fingerprint density at radius 3 is 3.25 bits per heavy atom. The third-order valence-electron chi connectivity index (χ3n) is 3.44. The lowest BCUT2D eigenvalue weighted by Gasteiger charge is -2.10. The van der Waals surface area contributed by atoms with Gasteiger partial charge in [-0.1, -0.05) is 0 Å². The number of ether oxygens (including phenoxy) is 1. The Kier molecular flexibility index (Phi) is 3.47. The van der Waals surface area contributed by atoms with Crippen LogP contribution in [0.2, 0.25) is 0 Å². The Morgan fingerprint density at radius 2 is 2.50 bits per heavy atom. The van der Waals surface area contributed by atoms with Crippen LogP contribution in [0.4, 0.5) is 0 Å². The summed E-state index contributed by atoms with van der Waals surface area (Å²) in [5.74, 6) is -0.196. The molecule has 3 rings (SSSR count). The highest BCUT2D eigenvalue weighted by Crippen LogP contribution is 2.13. The number of nitrogens with one attached hydrogen (secondary N) is 1. The van der Waals surface area contributed by atoms with Crippen LogP contribution in [0.25, 0.3) is 5.52 Å². The molecule has 20 heavy (non-hydrogen) atoms. The average Bonchev–Trinajstić information content (AvgIpc) is 3.13. The molecule has 1 amide bonds. The summed E-state index contributed by atoms with van der Waals surface area (Å²) in [6, 6.07) is 3.31. The first-order valence-corrected chi connectivity index (χ1v) is 6.60. The van der Waals surface area contributed by atoms with Crippen molar-refractivity contribution in [1.82, 2.24) is 14.9 Å². The number of hydrogen-bond donors (Lipinski definition) is 1. The first-order valence-electron chi connectivity index (χ1n) is 6.60. The van der Waals surface area contributed by atoms with Crippen LogP contribution in [0.15, 0.2) is 24.5 Å². The van der Waals surface area contributed by atoms with Gasteiger partial charge in [0.05, 0.1) is 23.4 Å². The van der Waals surface area contributed by atoms with Crippen LogP contribution in [0.3, 0.4) is 0 Å². The Hall–Kier alpha value is -2.21. The maximum absolute atomic E-state index is 12.2. The summed E-state index contributed by atoms with van der Waals surface area (Å²) in [6.45, 7) is 1.27. The van der Waals surface area contributed by atoms with Crippen molar-refractivity contribution < 1.29 is 14.3 Å². The molecule has 0 aliphatic carbocycles. The first kappa shape index (κ1) is 12.8. The highest BCUT2D eigenvalue weighted by atomic mass is 16.5. The summed E-state index contributed by atoms with van der Waals surface area (Å²) in [4.78, 5) is 23.0. The second-order valence-corrected chi connectivity index (χ2v) is 4.81. The lowest BCUT2D eigenvalue weighted by atomic mass is 10.2. The maximum Gasteiger partial charge on any atom is 0.255 e. The van der Waals surface area contributed by atoms with Crippen molar-refractivity contribution >= 4 is 17.7 Å². The molecular weight excluding hydrogens is 258 g/mol. The number of hydrogen-bond acceptors (Lipinski definition) is 4. The van der Waals surface area contributed by atoms with Crippen molar-refractivity contribution in [2.45, 2.75) is 18.9 Å². The topological polar surface area (TPSA) is 72.7 Å². The summed E-state index contributed by atoms with van der Waals surface area (Å²) in [5.41, 5.74) is 1.61. The van der Waals surface area contributed by atoms with Crippen LogP contribution >= 0.6 is 0 Å². The van der Waals surface area contributed by atoms with Gasteiger partial charge < -0.3 is 10.1 Å². The lowest BCUT2D eigenvalue weighted by Crippen LogP contribution is -2.31. The molecule has 6 heteroatoms. The van der Waals surface area contributed by atoms with Gasteiger partial charge in [0.25, 0.3) is 5.91 Å². The summed E-state index contributed by atoms with van der Waals surface area (Å²) >= 11 is 0. The Morgan fingerprint density at radius 1 is 1.60 bits per heavy atom. The van der Waals surface area contributed by atoms with Gasteiger partial charge in [-0.15, -0.1) is 0 Å². The molecule has 1 saturated heterocycles. The van der Waals surface area contributed by atoms with Crippen LogP contribution < -0.4 is 5.32 Å². The number of aldehydes is 1. The van der Waals surface area contributed by atoms with Gasteiger partial charge in [-0.2, -0.15) is 5.10 Å². The molecule has 0 saturated carbocycles. The second kappa shape index (κ2) is 5.42. The Labute approximate surface area is 115 Å². The fourth-order valence-electron chi connectivity index (χ4n) is 2.35. The number of carbonyl (C=O) groups excluding carboxylic acids is 2. The maximum atomic E-state index is 12.2. The van der Waals surface area contributed by atoms with Gasteiger partial charge in [-0.25, -0.2) is 4.52 Å². The van der Waals surface area contributed by atoms with Crippen molar-refractivity contribution in [3.8, 4) is 0 Å². The van der Waals surface area contributed by atoms with E-state index in [0.29, 0.717) is 23.2 Å². The molecule has 1 aliphatic rings. The molecule has 0 aromatic carbocycles.